The molecule has 0 spiro atoms. The number of hydrogen-bond donors (Lipinski definition) is 2. The Morgan fingerprint density at radius 1 is 1.07 bits per heavy atom. The third-order valence-electron chi connectivity index (χ3n) is 3.97. The van der Waals surface area contributed by atoms with Crippen LogP contribution in [-0.2, 0) is 4.74 Å². The lowest BCUT2D eigenvalue weighted by Gasteiger charge is -2.12. The first-order valence-electron chi connectivity index (χ1n) is 8.90. The van der Waals surface area contributed by atoms with E-state index in [1.165, 1.54) is 6.20 Å². The van der Waals surface area contributed by atoms with Crippen molar-refractivity contribution in [1.29, 1.82) is 5.26 Å². The van der Waals surface area contributed by atoms with Crippen LogP contribution in [0.1, 0.15) is 33.2 Å². The Bertz CT molecular complexity index is 1070. The second-order valence-electron chi connectivity index (χ2n) is 6.00. The molecule has 0 fully saturated rings. The minimum atomic E-state index is -0.432. The number of rotatable bonds is 6. The maximum Gasteiger partial charge on any atom is 0.340 e. The number of nitrogens with one attached hydrogen (secondary N) is 2. The molecule has 2 N–H and O–H groups in total. The number of para-hydroxylation sites is 1. The molecule has 0 saturated heterocycles. The van der Waals surface area contributed by atoms with Crippen molar-refractivity contribution in [2.75, 3.05) is 17.2 Å². The van der Waals surface area contributed by atoms with Gasteiger partial charge >= 0.3 is 5.97 Å². The third kappa shape index (κ3) is 4.96. The molecule has 0 radical (unpaired) electrons. The van der Waals surface area contributed by atoms with E-state index in [0.717, 1.165) is 0 Å². The number of nitrogens with zero attached hydrogens (tertiary/aromatic N) is 2. The molecule has 3 rings (SSSR count). The standard InChI is InChI=1S/C22H18N4O3/c1-2-29-22(28)19-5-3-4-6-20(19)25-18-11-16(13-24-14-18)21(27)26-17-9-7-15(12-23)8-10-17/h3-11,13-14,25H,2H2,1H3,(H,26,27). The van der Waals surface area contributed by atoms with Crippen molar-refractivity contribution in [2.45, 2.75) is 6.92 Å². The first kappa shape index (κ1) is 19.6. The number of carbonyl (C=O) groups is 2. The molecule has 0 saturated carbocycles. The number of esters is 1. The van der Waals surface area contributed by atoms with Crippen LogP contribution in [-0.4, -0.2) is 23.5 Å². The van der Waals surface area contributed by atoms with Crippen LogP contribution in [0.15, 0.2) is 67.0 Å². The van der Waals surface area contributed by atoms with Gasteiger partial charge in [-0.15, -0.1) is 0 Å². The van der Waals surface area contributed by atoms with E-state index in [1.54, 1.807) is 67.7 Å². The van der Waals surface area contributed by atoms with E-state index in [-0.39, 0.29) is 12.5 Å². The van der Waals surface area contributed by atoms with Gasteiger partial charge in [-0.2, -0.15) is 5.26 Å². The second kappa shape index (κ2) is 9.15. The molecule has 0 aliphatic rings. The zero-order valence-electron chi connectivity index (χ0n) is 15.7. The molecule has 7 nitrogen and oxygen atoms in total. The highest BCUT2D eigenvalue weighted by atomic mass is 16.5. The SMILES string of the molecule is CCOC(=O)c1ccccc1Nc1cncc(C(=O)Nc2ccc(C#N)cc2)c1. The number of pyridine rings is 1. The van der Waals surface area contributed by atoms with Gasteiger partial charge in [-0.3, -0.25) is 9.78 Å². The molecule has 3 aromatic rings. The number of carbonyl (C=O) groups excluding carboxylic acids is 2. The number of nitriles is 1. The lowest BCUT2D eigenvalue weighted by Crippen LogP contribution is -2.13. The summed E-state index contributed by atoms with van der Waals surface area (Å²) in [7, 11) is 0. The highest BCUT2D eigenvalue weighted by molar-refractivity contribution is 6.04. The second-order valence-corrected chi connectivity index (χ2v) is 6.00. The smallest absolute Gasteiger partial charge is 0.340 e. The van der Waals surface area contributed by atoms with E-state index in [9.17, 15) is 9.59 Å². The van der Waals surface area contributed by atoms with Gasteiger partial charge in [0.15, 0.2) is 0 Å². The van der Waals surface area contributed by atoms with Crippen molar-refractivity contribution in [1.82, 2.24) is 4.98 Å². The molecule has 0 aliphatic carbocycles. The summed E-state index contributed by atoms with van der Waals surface area (Å²) >= 11 is 0. The van der Waals surface area contributed by atoms with Crippen LogP contribution in [0.5, 0.6) is 0 Å². The van der Waals surface area contributed by atoms with Crippen molar-refractivity contribution in [2.24, 2.45) is 0 Å². The maximum absolute atomic E-state index is 12.5. The normalized spacial score (nSPS) is 9.93. The molecule has 0 aliphatic heterocycles. The molecule has 29 heavy (non-hydrogen) atoms. The summed E-state index contributed by atoms with van der Waals surface area (Å²) in [5, 5.41) is 14.7. The van der Waals surface area contributed by atoms with Crippen molar-refractivity contribution in [3.05, 3.63) is 83.7 Å². The Labute approximate surface area is 168 Å². The van der Waals surface area contributed by atoms with E-state index in [4.69, 9.17) is 10.00 Å². The molecule has 0 bridgehead atoms. The number of anilines is 3. The van der Waals surface area contributed by atoms with Gasteiger partial charge in [-0.1, -0.05) is 12.1 Å². The quantitative estimate of drug-likeness (QED) is 0.618. The molecular formula is C22H18N4O3. The van der Waals surface area contributed by atoms with Crippen molar-refractivity contribution in [3.8, 4) is 6.07 Å². The average Bonchev–Trinajstić information content (AvgIpc) is 2.75. The third-order valence-corrected chi connectivity index (χ3v) is 3.97. The van der Waals surface area contributed by atoms with E-state index < -0.39 is 5.97 Å². The predicted molar refractivity (Wildman–Crippen MR) is 109 cm³/mol. The molecule has 1 amide bonds. The Morgan fingerprint density at radius 3 is 2.55 bits per heavy atom. The zero-order valence-corrected chi connectivity index (χ0v) is 15.7. The molecule has 0 atom stereocenters. The van der Waals surface area contributed by atoms with E-state index in [1.807, 2.05) is 6.07 Å². The summed E-state index contributed by atoms with van der Waals surface area (Å²) in [6.07, 6.45) is 3.00. The molecular weight excluding hydrogens is 368 g/mol. The average molecular weight is 386 g/mol. The fraction of sp³-hybridized carbons (Fsp3) is 0.0909. The molecule has 7 heteroatoms. The number of ether oxygens (including phenoxy) is 1. The highest BCUT2D eigenvalue weighted by Gasteiger charge is 2.13. The zero-order chi connectivity index (χ0) is 20.6. The van der Waals surface area contributed by atoms with Gasteiger partial charge in [-0.05, 0) is 49.4 Å². The van der Waals surface area contributed by atoms with Crippen molar-refractivity contribution >= 4 is 28.9 Å². The summed E-state index contributed by atoms with van der Waals surface area (Å²) in [5.41, 5.74) is 2.91. The van der Waals surface area contributed by atoms with Gasteiger partial charge < -0.3 is 15.4 Å². The van der Waals surface area contributed by atoms with Crippen LogP contribution in [0.2, 0.25) is 0 Å². The van der Waals surface area contributed by atoms with Crippen LogP contribution in [0.3, 0.4) is 0 Å². The van der Waals surface area contributed by atoms with Gasteiger partial charge in [0.2, 0.25) is 0 Å². The van der Waals surface area contributed by atoms with Crippen molar-refractivity contribution < 1.29 is 14.3 Å². The number of benzene rings is 2. The minimum Gasteiger partial charge on any atom is -0.462 e. The summed E-state index contributed by atoms with van der Waals surface area (Å²) in [6.45, 7) is 2.02. The first-order chi connectivity index (χ1) is 14.1. The Morgan fingerprint density at radius 2 is 1.83 bits per heavy atom. The first-order valence-corrected chi connectivity index (χ1v) is 8.90. The molecule has 0 unspecified atom stereocenters. The lowest BCUT2D eigenvalue weighted by atomic mass is 10.1. The van der Waals surface area contributed by atoms with Gasteiger partial charge in [0.25, 0.3) is 5.91 Å². The van der Waals surface area contributed by atoms with Crippen LogP contribution in [0.25, 0.3) is 0 Å². The molecule has 2 aromatic carbocycles. The fourth-order valence-electron chi connectivity index (χ4n) is 2.60. The molecule has 1 aromatic heterocycles. The summed E-state index contributed by atoms with van der Waals surface area (Å²) in [4.78, 5) is 28.7. The van der Waals surface area contributed by atoms with E-state index in [0.29, 0.717) is 33.8 Å². The van der Waals surface area contributed by atoms with Crippen LogP contribution in [0.4, 0.5) is 17.1 Å². The maximum atomic E-state index is 12.5. The van der Waals surface area contributed by atoms with Gasteiger partial charge in [0, 0.05) is 11.9 Å². The minimum absolute atomic E-state index is 0.278. The Hall–Kier alpha value is -4.18. The van der Waals surface area contributed by atoms with Gasteiger partial charge in [0.1, 0.15) is 0 Å². The summed E-state index contributed by atoms with van der Waals surface area (Å²) < 4.78 is 5.07. The van der Waals surface area contributed by atoms with Crippen LogP contribution in [0, 0.1) is 11.3 Å². The Kier molecular flexibility index (Phi) is 6.18. The Balaban J connectivity index is 1.77. The number of amides is 1. The highest BCUT2D eigenvalue weighted by Crippen LogP contribution is 2.22. The van der Waals surface area contributed by atoms with Crippen molar-refractivity contribution in [3.63, 3.8) is 0 Å². The van der Waals surface area contributed by atoms with Crippen LogP contribution < -0.4 is 10.6 Å². The van der Waals surface area contributed by atoms with E-state index >= 15 is 0 Å². The summed E-state index contributed by atoms with van der Waals surface area (Å²) in [6, 6.07) is 17.2. The number of hydrogen-bond acceptors (Lipinski definition) is 6. The lowest BCUT2D eigenvalue weighted by molar-refractivity contribution is 0.0527. The fourth-order valence-corrected chi connectivity index (χ4v) is 2.60. The number of aromatic nitrogens is 1. The van der Waals surface area contributed by atoms with Gasteiger partial charge in [0.05, 0.1) is 46.9 Å². The predicted octanol–water partition coefficient (Wildman–Crippen LogP) is 4.13. The van der Waals surface area contributed by atoms with E-state index in [2.05, 4.69) is 15.6 Å². The molecule has 1 heterocycles. The summed E-state index contributed by atoms with van der Waals surface area (Å²) in [5.74, 6) is -0.775. The van der Waals surface area contributed by atoms with Gasteiger partial charge in [-0.25, -0.2) is 4.79 Å². The topological polar surface area (TPSA) is 104 Å². The molecule has 144 valence electrons. The largest absolute Gasteiger partial charge is 0.462 e. The monoisotopic (exact) mass is 386 g/mol. The van der Waals surface area contributed by atoms with Crippen LogP contribution >= 0.6 is 0 Å².